The van der Waals surface area contributed by atoms with E-state index in [9.17, 15) is 9.36 Å². The summed E-state index contributed by atoms with van der Waals surface area (Å²) in [6.45, 7) is 0. The maximum atomic E-state index is 10.2. The van der Waals surface area contributed by atoms with E-state index >= 15 is 0 Å². The maximum Gasteiger partial charge on any atom is -0.412 e. The van der Waals surface area contributed by atoms with Gasteiger partial charge in [-0.1, -0.05) is 0 Å². The zero-order valence-electron chi connectivity index (χ0n) is 6.49. The molecule has 1 unspecified atom stereocenters. The predicted molar refractivity (Wildman–Crippen MR) is 44.6 cm³/mol. The molecule has 0 spiro atoms. The smallest absolute Gasteiger partial charge is 0.412 e. The molecule has 0 aliphatic heterocycles. The van der Waals surface area contributed by atoms with Gasteiger partial charge in [0, 0.05) is 0 Å². The van der Waals surface area contributed by atoms with E-state index < -0.39 is 12.0 Å². The van der Waals surface area contributed by atoms with E-state index in [0.29, 0.717) is 19.3 Å². The molecule has 0 aromatic heterocycles. The minimum absolute atomic E-state index is 0. The molecule has 1 atom stereocenters. The van der Waals surface area contributed by atoms with E-state index in [1.165, 1.54) is 0 Å². The van der Waals surface area contributed by atoms with Gasteiger partial charge in [-0.15, -0.1) is 0 Å². The van der Waals surface area contributed by atoms with Crippen LogP contribution < -0.4 is 5.73 Å². The van der Waals surface area contributed by atoms with Crippen molar-refractivity contribution in [2.24, 2.45) is 5.73 Å². The summed E-state index contributed by atoms with van der Waals surface area (Å²) in [5, 5.41) is 8.33. The van der Waals surface area contributed by atoms with Crippen LogP contribution in [-0.4, -0.2) is 22.6 Å². The fourth-order valence-electron chi connectivity index (χ4n) is 0.570. The van der Waals surface area contributed by atoms with Gasteiger partial charge in [0.2, 0.25) is 0 Å². The van der Waals surface area contributed by atoms with Gasteiger partial charge in [-0.3, -0.25) is 0 Å². The SMILES string of the molecule is NC(CCCC#P=O)C(=O)O.O. The zero-order valence-corrected chi connectivity index (χ0v) is 7.38. The largest absolute Gasteiger partial charge is 0.412 e. The Labute approximate surface area is 71.4 Å². The number of unbranched alkanes of at least 4 members (excludes halogenated alkanes) is 1. The van der Waals surface area contributed by atoms with E-state index in [1.807, 2.05) is 0 Å². The zero-order chi connectivity index (χ0) is 8.69. The van der Waals surface area contributed by atoms with Crippen LogP contribution >= 0.6 is 7.92 Å². The van der Waals surface area contributed by atoms with Gasteiger partial charge < -0.3 is 5.48 Å². The average Bonchev–Trinajstić information content (AvgIpc) is 1.97. The Bertz CT molecular complexity index is 223. The van der Waals surface area contributed by atoms with Crippen molar-refractivity contribution in [2.45, 2.75) is 25.3 Å². The third-order valence-electron chi connectivity index (χ3n) is 1.19. The molecular formula is C6H12NO4P. The number of carboxylic acids is 1. The molecule has 0 bridgehead atoms. The van der Waals surface area contributed by atoms with Crippen molar-refractivity contribution >= 4 is 13.9 Å². The van der Waals surface area contributed by atoms with Crippen LogP contribution in [0.2, 0.25) is 0 Å². The van der Waals surface area contributed by atoms with Gasteiger partial charge in [0.25, 0.3) is 0 Å². The average molecular weight is 193 g/mol. The Morgan fingerprint density at radius 1 is 1.67 bits per heavy atom. The van der Waals surface area contributed by atoms with Crippen LogP contribution in [0.1, 0.15) is 19.3 Å². The Balaban J connectivity index is 0. The summed E-state index contributed by atoms with van der Waals surface area (Å²) in [7, 11) is -0.130. The first-order valence-corrected chi connectivity index (χ1v) is 4.03. The summed E-state index contributed by atoms with van der Waals surface area (Å²) < 4.78 is 9.82. The normalized spacial score (nSPS) is 10.8. The number of rotatable bonds is 4. The second kappa shape index (κ2) is 8.50. The molecule has 0 saturated carbocycles. The monoisotopic (exact) mass is 193 g/mol. The fourth-order valence-corrected chi connectivity index (χ4v) is 0.820. The van der Waals surface area contributed by atoms with Crippen LogP contribution in [0.4, 0.5) is 0 Å². The molecule has 0 radical (unpaired) electrons. The summed E-state index contributed by atoms with van der Waals surface area (Å²) >= 11 is 0. The van der Waals surface area contributed by atoms with Crippen LogP contribution in [0.25, 0.3) is 0 Å². The first-order valence-electron chi connectivity index (χ1n) is 3.22. The molecule has 5 N–H and O–H groups in total. The number of carbonyl (C=O) groups is 1. The van der Waals surface area contributed by atoms with E-state index in [4.69, 9.17) is 10.8 Å². The van der Waals surface area contributed by atoms with Crippen molar-refractivity contribution in [1.82, 2.24) is 0 Å². The van der Waals surface area contributed by atoms with Gasteiger partial charge in [0.05, 0.1) is 0 Å². The van der Waals surface area contributed by atoms with Crippen molar-refractivity contribution in [3.05, 3.63) is 0 Å². The third kappa shape index (κ3) is 7.51. The Kier molecular flexibility index (Phi) is 9.88. The van der Waals surface area contributed by atoms with Gasteiger partial charge in [0.1, 0.15) is 0 Å². The quantitative estimate of drug-likeness (QED) is 0.483. The Morgan fingerprint density at radius 3 is 2.67 bits per heavy atom. The van der Waals surface area contributed by atoms with E-state index in [2.05, 4.69) is 5.63 Å². The molecule has 0 heterocycles. The van der Waals surface area contributed by atoms with Crippen molar-refractivity contribution in [3.8, 4) is 5.63 Å². The number of carboxylic acid groups (broad SMARTS) is 1. The van der Waals surface area contributed by atoms with Crippen molar-refractivity contribution < 1.29 is 19.9 Å². The molecule has 0 aromatic rings. The molecule has 6 heteroatoms. The van der Waals surface area contributed by atoms with Gasteiger partial charge in [-0.2, -0.15) is 0 Å². The first kappa shape index (κ1) is 14.0. The summed E-state index contributed by atoms with van der Waals surface area (Å²) in [6.07, 6.45) is 1.53. The molecule has 0 fully saturated rings. The van der Waals surface area contributed by atoms with Crippen LogP contribution in [0.15, 0.2) is 0 Å². The molecule has 0 rings (SSSR count). The van der Waals surface area contributed by atoms with Gasteiger partial charge in [-0.05, 0) is 0 Å². The second-order valence-corrected chi connectivity index (χ2v) is 2.59. The predicted octanol–water partition coefficient (Wildman–Crippen LogP) is -0.00520. The molecule has 12 heavy (non-hydrogen) atoms. The standard InChI is InChI=1S/C6H10NO3P.H2O/c7-5(6(8)9)3-1-2-4-11-10;/h5H,1-3,7H2,(H,8,9);1H2. The molecule has 0 aliphatic rings. The number of nitrogens with two attached hydrogens (primary N) is 1. The second-order valence-electron chi connectivity index (χ2n) is 2.09. The van der Waals surface area contributed by atoms with Gasteiger partial charge in [-0.25, -0.2) is 0 Å². The summed E-state index contributed by atoms with van der Waals surface area (Å²) in [5.41, 5.74) is 7.70. The Hall–Kier alpha value is -0.600. The maximum absolute atomic E-state index is 10.2. The number of hydrogen-bond donors (Lipinski definition) is 2. The summed E-state index contributed by atoms with van der Waals surface area (Å²) in [6, 6.07) is -0.805. The van der Waals surface area contributed by atoms with Crippen molar-refractivity contribution in [2.75, 3.05) is 0 Å². The summed E-state index contributed by atoms with van der Waals surface area (Å²) in [5.74, 6) is -0.996. The van der Waals surface area contributed by atoms with Gasteiger partial charge in [0.15, 0.2) is 0 Å². The van der Waals surface area contributed by atoms with E-state index in [-0.39, 0.29) is 13.4 Å². The fraction of sp³-hybridized carbons (Fsp3) is 0.667. The van der Waals surface area contributed by atoms with Crippen LogP contribution in [0.5, 0.6) is 0 Å². The molecule has 0 aliphatic carbocycles. The molecular weight excluding hydrogens is 181 g/mol. The third-order valence-corrected chi connectivity index (χ3v) is 1.54. The minimum atomic E-state index is -0.996. The molecule has 0 amide bonds. The van der Waals surface area contributed by atoms with Crippen LogP contribution in [0, 0.1) is 5.63 Å². The molecule has 0 saturated heterocycles. The Morgan fingerprint density at radius 2 is 2.25 bits per heavy atom. The molecule has 0 aromatic carbocycles. The van der Waals surface area contributed by atoms with E-state index in [1.54, 1.807) is 0 Å². The van der Waals surface area contributed by atoms with Crippen LogP contribution in [0.3, 0.4) is 0 Å². The van der Waals surface area contributed by atoms with Crippen molar-refractivity contribution in [3.63, 3.8) is 0 Å². The van der Waals surface area contributed by atoms with Gasteiger partial charge >= 0.3 is 65.0 Å². The van der Waals surface area contributed by atoms with Crippen LogP contribution in [-0.2, 0) is 9.36 Å². The number of aliphatic carboxylic acids is 1. The minimum Gasteiger partial charge on any atom is -0.412 e. The van der Waals surface area contributed by atoms with Crippen molar-refractivity contribution in [1.29, 1.82) is 0 Å². The van der Waals surface area contributed by atoms with E-state index in [0.717, 1.165) is 0 Å². The molecule has 5 nitrogen and oxygen atoms in total. The first-order chi connectivity index (χ1) is 5.18. The molecule has 70 valence electrons. The summed E-state index contributed by atoms with van der Waals surface area (Å²) in [4.78, 5) is 10.2. The topological polar surface area (TPSA) is 112 Å². The number of hydrogen-bond acceptors (Lipinski definition) is 3.